The zero-order valence-electron chi connectivity index (χ0n) is 14.3. The molecule has 7 nitrogen and oxygen atoms in total. The quantitative estimate of drug-likeness (QED) is 0.683. The standard InChI is InChI=1S/C17H19N5O2S/c1-11-6-4-7-12(2)16(11)22-17(19-20-21-22)25-10-15(23)18-13(3)14-8-5-9-24-14/h4-9,13H,10H2,1-3H3,(H,18,23)/t13-/m1/s1. The van der Waals surface area contributed by atoms with Crippen molar-refractivity contribution in [3.05, 3.63) is 53.5 Å². The van der Waals surface area contributed by atoms with E-state index in [4.69, 9.17) is 4.42 Å². The minimum Gasteiger partial charge on any atom is -0.467 e. The van der Waals surface area contributed by atoms with Crippen molar-refractivity contribution in [2.24, 2.45) is 0 Å². The number of furan rings is 1. The van der Waals surface area contributed by atoms with Crippen LogP contribution < -0.4 is 5.32 Å². The highest BCUT2D eigenvalue weighted by Gasteiger charge is 2.16. The van der Waals surface area contributed by atoms with Crippen LogP contribution in [0.1, 0.15) is 29.9 Å². The van der Waals surface area contributed by atoms with Crippen molar-refractivity contribution < 1.29 is 9.21 Å². The first-order valence-corrected chi connectivity index (χ1v) is 8.85. The van der Waals surface area contributed by atoms with Gasteiger partial charge in [0.05, 0.1) is 23.7 Å². The maximum absolute atomic E-state index is 12.2. The molecule has 0 fully saturated rings. The minimum absolute atomic E-state index is 0.107. The monoisotopic (exact) mass is 357 g/mol. The van der Waals surface area contributed by atoms with Crippen molar-refractivity contribution in [1.29, 1.82) is 0 Å². The highest BCUT2D eigenvalue weighted by molar-refractivity contribution is 7.99. The second-order valence-corrected chi connectivity index (χ2v) is 6.65. The molecule has 2 heterocycles. The molecule has 2 aromatic heterocycles. The summed E-state index contributed by atoms with van der Waals surface area (Å²) in [6, 6.07) is 9.46. The predicted molar refractivity (Wildman–Crippen MR) is 94.6 cm³/mol. The van der Waals surface area contributed by atoms with Crippen LogP contribution in [0.5, 0.6) is 0 Å². The van der Waals surface area contributed by atoms with Crippen LogP contribution in [0.25, 0.3) is 5.69 Å². The van der Waals surface area contributed by atoms with E-state index < -0.39 is 0 Å². The number of carbonyl (C=O) groups excluding carboxylic acids is 1. The smallest absolute Gasteiger partial charge is 0.231 e. The van der Waals surface area contributed by atoms with Crippen molar-refractivity contribution in [2.75, 3.05) is 5.75 Å². The number of amides is 1. The van der Waals surface area contributed by atoms with Gasteiger partial charge in [-0.2, -0.15) is 4.68 Å². The van der Waals surface area contributed by atoms with Crippen molar-refractivity contribution in [3.63, 3.8) is 0 Å². The molecular weight excluding hydrogens is 338 g/mol. The predicted octanol–water partition coefficient (Wildman–Crippen LogP) is 2.84. The van der Waals surface area contributed by atoms with Crippen LogP contribution in [-0.2, 0) is 4.79 Å². The van der Waals surface area contributed by atoms with E-state index in [-0.39, 0.29) is 17.7 Å². The molecule has 130 valence electrons. The molecule has 1 atom stereocenters. The number of nitrogens with zero attached hydrogens (tertiary/aromatic N) is 4. The summed E-state index contributed by atoms with van der Waals surface area (Å²) in [7, 11) is 0. The van der Waals surface area contributed by atoms with Crippen LogP contribution >= 0.6 is 11.8 Å². The molecule has 0 unspecified atom stereocenters. The topological polar surface area (TPSA) is 85.8 Å². The lowest BCUT2D eigenvalue weighted by atomic mass is 10.1. The molecular formula is C17H19N5O2S. The van der Waals surface area contributed by atoms with Gasteiger partial charge in [-0.25, -0.2) is 0 Å². The van der Waals surface area contributed by atoms with Crippen molar-refractivity contribution in [3.8, 4) is 5.69 Å². The first-order chi connectivity index (χ1) is 12.1. The van der Waals surface area contributed by atoms with Crippen molar-refractivity contribution in [2.45, 2.75) is 32.0 Å². The van der Waals surface area contributed by atoms with E-state index >= 15 is 0 Å². The van der Waals surface area contributed by atoms with Gasteiger partial charge >= 0.3 is 0 Å². The normalized spacial score (nSPS) is 12.1. The van der Waals surface area contributed by atoms with Crippen LogP contribution in [0.15, 0.2) is 46.2 Å². The molecule has 1 N–H and O–H groups in total. The molecule has 1 aromatic carbocycles. The second kappa shape index (κ2) is 7.52. The van der Waals surface area contributed by atoms with Crippen LogP contribution in [0.2, 0.25) is 0 Å². The largest absolute Gasteiger partial charge is 0.467 e. The number of rotatable bonds is 6. The Kier molecular flexibility index (Phi) is 5.18. The summed E-state index contributed by atoms with van der Waals surface area (Å²) in [6.45, 7) is 5.90. The fourth-order valence-electron chi connectivity index (χ4n) is 2.57. The number of aromatic nitrogens is 4. The lowest BCUT2D eigenvalue weighted by Crippen LogP contribution is -2.28. The summed E-state index contributed by atoms with van der Waals surface area (Å²) >= 11 is 1.30. The molecule has 3 rings (SSSR count). The van der Waals surface area contributed by atoms with E-state index in [1.165, 1.54) is 11.8 Å². The fraction of sp³-hybridized carbons (Fsp3) is 0.294. The Morgan fingerprint density at radius 2 is 2.04 bits per heavy atom. The van der Waals surface area contributed by atoms with E-state index in [0.29, 0.717) is 5.16 Å². The number of tetrazole rings is 1. The number of hydrogen-bond donors (Lipinski definition) is 1. The minimum atomic E-state index is -0.183. The third-order valence-electron chi connectivity index (χ3n) is 3.77. The number of para-hydroxylation sites is 1. The molecule has 0 bridgehead atoms. The summed E-state index contributed by atoms with van der Waals surface area (Å²) in [4.78, 5) is 12.2. The zero-order valence-corrected chi connectivity index (χ0v) is 15.1. The Bertz CT molecular complexity index is 840. The number of carbonyl (C=O) groups is 1. The number of benzene rings is 1. The van der Waals surface area contributed by atoms with Gasteiger partial charge in [-0.3, -0.25) is 4.79 Å². The molecule has 1 amide bonds. The molecule has 0 aliphatic heterocycles. The molecule has 0 saturated heterocycles. The first-order valence-electron chi connectivity index (χ1n) is 7.87. The van der Waals surface area contributed by atoms with E-state index in [0.717, 1.165) is 22.6 Å². The van der Waals surface area contributed by atoms with Gasteiger partial charge in [0.1, 0.15) is 5.76 Å². The Balaban J connectivity index is 1.67. The summed E-state index contributed by atoms with van der Waals surface area (Å²) in [5, 5.41) is 15.4. The van der Waals surface area contributed by atoms with E-state index in [2.05, 4.69) is 20.8 Å². The van der Waals surface area contributed by atoms with Crippen LogP contribution in [0, 0.1) is 13.8 Å². The van der Waals surface area contributed by atoms with Crippen molar-refractivity contribution >= 4 is 17.7 Å². The van der Waals surface area contributed by atoms with Gasteiger partial charge in [-0.05, 0) is 54.5 Å². The summed E-state index contributed by atoms with van der Waals surface area (Å²) in [5.41, 5.74) is 3.09. The Labute approximate surface area is 149 Å². The molecule has 0 spiro atoms. The van der Waals surface area contributed by atoms with E-state index in [1.54, 1.807) is 17.0 Å². The van der Waals surface area contributed by atoms with Gasteiger partial charge in [0, 0.05) is 0 Å². The fourth-order valence-corrected chi connectivity index (χ4v) is 3.26. The number of hydrogen-bond acceptors (Lipinski definition) is 6. The molecule has 25 heavy (non-hydrogen) atoms. The summed E-state index contributed by atoms with van der Waals surface area (Å²) in [6.07, 6.45) is 1.59. The molecule has 0 aliphatic carbocycles. The third kappa shape index (κ3) is 3.90. The SMILES string of the molecule is Cc1cccc(C)c1-n1nnnc1SCC(=O)N[C@H](C)c1ccco1. The van der Waals surface area contributed by atoms with Gasteiger partial charge < -0.3 is 9.73 Å². The molecule has 0 aliphatic rings. The van der Waals surface area contributed by atoms with Gasteiger partial charge in [0.15, 0.2) is 0 Å². The lowest BCUT2D eigenvalue weighted by molar-refractivity contribution is -0.119. The number of aryl methyl sites for hydroxylation is 2. The Hall–Kier alpha value is -2.61. The van der Waals surface area contributed by atoms with Crippen molar-refractivity contribution in [1.82, 2.24) is 25.5 Å². The number of nitrogens with one attached hydrogen (secondary N) is 1. The third-order valence-corrected chi connectivity index (χ3v) is 4.69. The van der Waals surface area contributed by atoms with Gasteiger partial charge in [0.25, 0.3) is 0 Å². The Morgan fingerprint density at radius 3 is 2.72 bits per heavy atom. The average Bonchev–Trinajstić information content (AvgIpc) is 3.25. The summed E-state index contributed by atoms with van der Waals surface area (Å²) in [5.74, 6) is 0.833. The van der Waals surface area contributed by atoms with Gasteiger partial charge in [-0.15, -0.1) is 5.10 Å². The zero-order chi connectivity index (χ0) is 17.8. The van der Waals surface area contributed by atoms with Crippen LogP contribution in [0.3, 0.4) is 0 Å². The number of thioether (sulfide) groups is 1. The first kappa shape index (κ1) is 17.2. The highest BCUT2D eigenvalue weighted by Crippen LogP contribution is 2.23. The van der Waals surface area contributed by atoms with Gasteiger partial charge in [-0.1, -0.05) is 30.0 Å². The second-order valence-electron chi connectivity index (χ2n) is 5.71. The lowest BCUT2D eigenvalue weighted by Gasteiger charge is -2.12. The summed E-state index contributed by atoms with van der Waals surface area (Å²) < 4.78 is 6.97. The van der Waals surface area contributed by atoms with Gasteiger partial charge in [0.2, 0.25) is 11.1 Å². The van der Waals surface area contributed by atoms with E-state index in [1.807, 2.05) is 45.0 Å². The van der Waals surface area contributed by atoms with Crippen LogP contribution in [0.4, 0.5) is 0 Å². The average molecular weight is 357 g/mol. The van der Waals surface area contributed by atoms with E-state index in [9.17, 15) is 4.79 Å². The maximum atomic E-state index is 12.2. The maximum Gasteiger partial charge on any atom is 0.231 e. The molecule has 0 radical (unpaired) electrons. The molecule has 3 aromatic rings. The Morgan fingerprint density at radius 1 is 1.28 bits per heavy atom. The van der Waals surface area contributed by atoms with Crippen LogP contribution in [-0.4, -0.2) is 31.9 Å². The molecule has 0 saturated carbocycles. The highest BCUT2D eigenvalue weighted by atomic mass is 32.2. The molecule has 8 heteroatoms.